The van der Waals surface area contributed by atoms with Crippen LogP contribution in [0.5, 0.6) is 0 Å². The van der Waals surface area contributed by atoms with Crippen LogP contribution in [0.3, 0.4) is 0 Å². The van der Waals surface area contributed by atoms with Crippen LogP contribution >= 0.6 is 0 Å². The van der Waals surface area contributed by atoms with E-state index in [-0.39, 0.29) is 11.4 Å². The Morgan fingerprint density at radius 1 is 1.57 bits per heavy atom. The number of carbonyl (C=O) groups is 1. The van der Waals surface area contributed by atoms with E-state index >= 15 is 0 Å². The Morgan fingerprint density at radius 3 is 2.93 bits per heavy atom. The fourth-order valence-corrected chi connectivity index (χ4v) is 1.71. The molecule has 0 saturated carbocycles. The third kappa shape index (κ3) is 2.96. The van der Waals surface area contributed by atoms with Crippen molar-refractivity contribution < 1.29 is 9.53 Å². The van der Waals surface area contributed by atoms with Gasteiger partial charge >= 0.3 is 0 Å². The number of piperidine rings is 1. The van der Waals surface area contributed by atoms with Crippen LogP contribution in [0.1, 0.15) is 26.2 Å². The molecular weight excluding hydrogens is 180 g/mol. The van der Waals surface area contributed by atoms with Crippen molar-refractivity contribution in [3.63, 3.8) is 0 Å². The van der Waals surface area contributed by atoms with E-state index in [9.17, 15) is 4.79 Å². The smallest absolute Gasteiger partial charge is 0.240 e. The lowest BCUT2D eigenvalue weighted by Crippen LogP contribution is -2.57. The summed E-state index contributed by atoms with van der Waals surface area (Å²) in [6.07, 6.45) is 3.22. The Balaban J connectivity index is 2.33. The molecule has 1 atom stereocenters. The van der Waals surface area contributed by atoms with Crippen LogP contribution in [0.2, 0.25) is 0 Å². The van der Waals surface area contributed by atoms with Crippen molar-refractivity contribution in [2.45, 2.75) is 31.7 Å². The molecule has 0 radical (unpaired) electrons. The molecule has 4 nitrogen and oxygen atoms in total. The van der Waals surface area contributed by atoms with Crippen molar-refractivity contribution in [3.05, 3.63) is 0 Å². The molecule has 1 fully saturated rings. The number of hydrogen-bond donors (Lipinski definition) is 2. The maximum atomic E-state index is 11.8. The summed E-state index contributed by atoms with van der Waals surface area (Å²) in [6.45, 7) is 4.07. The van der Waals surface area contributed by atoms with Gasteiger partial charge in [0.1, 0.15) is 0 Å². The Labute approximate surface area is 85.4 Å². The predicted molar refractivity (Wildman–Crippen MR) is 55.1 cm³/mol. The predicted octanol–water partition coefficient (Wildman–Crippen LogP) is 0.281. The van der Waals surface area contributed by atoms with Crippen LogP contribution in [0, 0.1) is 0 Å². The summed E-state index contributed by atoms with van der Waals surface area (Å²) in [6, 6.07) is 0. The molecule has 1 rings (SSSR count). The van der Waals surface area contributed by atoms with Crippen molar-refractivity contribution in [2.24, 2.45) is 0 Å². The van der Waals surface area contributed by atoms with Gasteiger partial charge in [0.25, 0.3) is 0 Å². The molecule has 0 aromatic rings. The van der Waals surface area contributed by atoms with Crippen LogP contribution in [-0.4, -0.2) is 38.3 Å². The summed E-state index contributed by atoms with van der Waals surface area (Å²) >= 11 is 0. The first-order valence-electron chi connectivity index (χ1n) is 5.21. The highest BCUT2D eigenvalue weighted by atomic mass is 16.5. The molecule has 14 heavy (non-hydrogen) atoms. The molecule has 0 bridgehead atoms. The third-order valence-corrected chi connectivity index (χ3v) is 2.71. The molecule has 1 aliphatic rings. The average Bonchev–Trinajstić information content (AvgIpc) is 2.19. The summed E-state index contributed by atoms with van der Waals surface area (Å²) in [5, 5.41) is 6.14. The quantitative estimate of drug-likeness (QED) is 0.641. The molecule has 2 N–H and O–H groups in total. The highest BCUT2D eigenvalue weighted by Crippen LogP contribution is 2.18. The van der Waals surface area contributed by atoms with Crippen LogP contribution in [0.4, 0.5) is 0 Å². The fourth-order valence-electron chi connectivity index (χ4n) is 1.71. The third-order valence-electron chi connectivity index (χ3n) is 2.71. The molecule has 0 aromatic carbocycles. The maximum Gasteiger partial charge on any atom is 0.240 e. The van der Waals surface area contributed by atoms with E-state index in [0.717, 1.165) is 19.4 Å². The molecule has 0 aromatic heterocycles. The minimum absolute atomic E-state index is 0.0919. The van der Waals surface area contributed by atoms with Crippen molar-refractivity contribution in [1.29, 1.82) is 0 Å². The van der Waals surface area contributed by atoms with Crippen molar-refractivity contribution in [3.8, 4) is 0 Å². The van der Waals surface area contributed by atoms with E-state index in [0.29, 0.717) is 13.2 Å². The van der Waals surface area contributed by atoms with Gasteiger partial charge in [-0.1, -0.05) is 0 Å². The van der Waals surface area contributed by atoms with E-state index in [2.05, 4.69) is 10.6 Å². The maximum absolute atomic E-state index is 11.8. The van der Waals surface area contributed by atoms with Gasteiger partial charge in [0.05, 0.1) is 12.1 Å². The summed E-state index contributed by atoms with van der Waals surface area (Å²) in [5.41, 5.74) is -0.369. The lowest BCUT2D eigenvalue weighted by atomic mass is 9.90. The minimum atomic E-state index is -0.369. The second kappa shape index (κ2) is 5.32. The lowest BCUT2D eigenvalue weighted by Gasteiger charge is -2.33. The van der Waals surface area contributed by atoms with Gasteiger partial charge in [0.15, 0.2) is 0 Å². The second-order valence-electron chi connectivity index (χ2n) is 3.96. The SMILES string of the molecule is COCCNC(=O)C1(C)CCCCN1. The highest BCUT2D eigenvalue weighted by molar-refractivity contribution is 5.85. The van der Waals surface area contributed by atoms with Gasteiger partial charge in [0, 0.05) is 13.7 Å². The van der Waals surface area contributed by atoms with Crippen LogP contribution < -0.4 is 10.6 Å². The van der Waals surface area contributed by atoms with E-state index in [4.69, 9.17) is 4.74 Å². The minimum Gasteiger partial charge on any atom is -0.383 e. The zero-order valence-corrected chi connectivity index (χ0v) is 9.06. The zero-order chi connectivity index (χ0) is 10.4. The molecular formula is C10H20N2O2. The average molecular weight is 200 g/mol. The monoisotopic (exact) mass is 200 g/mol. The molecule has 4 heteroatoms. The number of carbonyl (C=O) groups excluding carboxylic acids is 1. The summed E-state index contributed by atoms with van der Waals surface area (Å²) in [7, 11) is 1.63. The normalized spacial score (nSPS) is 27.3. The van der Waals surface area contributed by atoms with Crippen LogP contribution in [0.15, 0.2) is 0 Å². The first kappa shape index (κ1) is 11.5. The molecule has 1 heterocycles. The van der Waals surface area contributed by atoms with Gasteiger partial charge < -0.3 is 15.4 Å². The molecule has 0 aliphatic carbocycles. The summed E-state index contributed by atoms with van der Waals surface area (Å²) < 4.78 is 4.88. The molecule has 1 amide bonds. The molecule has 1 unspecified atom stereocenters. The largest absolute Gasteiger partial charge is 0.383 e. The second-order valence-corrected chi connectivity index (χ2v) is 3.96. The van der Waals surface area contributed by atoms with Crippen LogP contribution in [-0.2, 0) is 9.53 Å². The number of methoxy groups -OCH3 is 1. The van der Waals surface area contributed by atoms with E-state index < -0.39 is 0 Å². The van der Waals surface area contributed by atoms with E-state index in [1.807, 2.05) is 6.92 Å². The van der Waals surface area contributed by atoms with Crippen molar-refractivity contribution >= 4 is 5.91 Å². The standard InChI is InChI=1S/C10H20N2O2/c1-10(5-3-4-6-12-10)9(13)11-7-8-14-2/h12H,3-8H2,1-2H3,(H,11,13). The van der Waals surface area contributed by atoms with Crippen molar-refractivity contribution in [1.82, 2.24) is 10.6 Å². The highest BCUT2D eigenvalue weighted by Gasteiger charge is 2.33. The number of nitrogens with one attached hydrogen (secondary N) is 2. The fraction of sp³-hybridized carbons (Fsp3) is 0.900. The van der Waals surface area contributed by atoms with Gasteiger partial charge in [-0.25, -0.2) is 0 Å². The Kier molecular flexibility index (Phi) is 4.35. The van der Waals surface area contributed by atoms with Crippen molar-refractivity contribution in [2.75, 3.05) is 26.8 Å². The summed E-state index contributed by atoms with van der Waals surface area (Å²) in [5.74, 6) is 0.0919. The first-order chi connectivity index (χ1) is 6.69. The van der Waals surface area contributed by atoms with Gasteiger partial charge in [-0.15, -0.1) is 0 Å². The van der Waals surface area contributed by atoms with Crippen LogP contribution in [0.25, 0.3) is 0 Å². The van der Waals surface area contributed by atoms with E-state index in [1.54, 1.807) is 7.11 Å². The Hall–Kier alpha value is -0.610. The van der Waals surface area contributed by atoms with E-state index in [1.165, 1.54) is 6.42 Å². The lowest BCUT2D eigenvalue weighted by molar-refractivity contribution is -0.128. The zero-order valence-electron chi connectivity index (χ0n) is 9.06. The Bertz CT molecular complexity index is 189. The van der Waals surface area contributed by atoms with Gasteiger partial charge in [0.2, 0.25) is 5.91 Å². The summed E-state index contributed by atoms with van der Waals surface area (Å²) in [4.78, 5) is 11.8. The Morgan fingerprint density at radius 2 is 2.36 bits per heavy atom. The van der Waals surface area contributed by atoms with Gasteiger partial charge in [-0.3, -0.25) is 4.79 Å². The first-order valence-corrected chi connectivity index (χ1v) is 5.21. The van der Waals surface area contributed by atoms with Gasteiger partial charge in [-0.2, -0.15) is 0 Å². The number of rotatable bonds is 4. The molecule has 1 aliphatic heterocycles. The number of ether oxygens (including phenoxy) is 1. The number of hydrogen-bond acceptors (Lipinski definition) is 3. The molecule has 82 valence electrons. The van der Waals surface area contributed by atoms with Gasteiger partial charge in [-0.05, 0) is 32.7 Å². The number of amides is 1. The molecule has 0 spiro atoms. The topological polar surface area (TPSA) is 50.4 Å². The molecule has 1 saturated heterocycles.